The third kappa shape index (κ3) is 4.28. The number of benzene rings is 1. The number of hydrogen-bond donors (Lipinski definition) is 2. The van der Waals surface area contributed by atoms with Crippen molar-refractivity contribution in [2.24, 2.45) is 5.92 Å². The Morgan fingerprint density at radius 2 is 2.00 bits per heavy atom. The van der Waals surface area contributed by atoms with Crippen molar-refractivity contribution in [2.45, 2.75) is 25.9 Å². The van der Waals surface area contributed by atoms with Crippen molar-refractivity contribution in [3.05, 3.63) is 59.5 Å². The van der Waals surface area contributed by atoms with Crippen LogP contribution in [0, 0.1) is 5.92 Å². The van der Waals surface area contributed by atoms with Crippen LogP contribution in [0.1, 0.15) is 23.3 Å². The van der Waals surface area contributed by atoms with E-state index >= 15 is 0 Å². The second-order valence-corrected chi connectivity index (χ2v) is 6.22. The largest absolute Gasteiger partial charge is 0.467 e. The minimum absolute atomic E-state index is 0.0335. The van der Waals surface area contributed by atoms with Crippen LogP contribution in [-0.2, 0) is 29.1 Å². The van der Waals surface area contributed by atoms with E-state index in [4.69, 9.17) is 4.42 Å². The lowest BCUT2D eigenvalue weighted by Crippen LogP contribution is -2.42. The second-order valence-electron chi connectivity index (χ2n) is 6.22. The fraction of sp³-hybridized carbons (Fsp3) is 0.368. The van der Waals surface area contributed by atoms with Crippen LogP contribution in [0.25, 0.3) is 0 Å². The molecule has 0 aliphatic carbocycles. The highest BCUT2D eigenvalue weighted by atomic mass is 16.3. The number of carbonyl (C=O) groups is 2. The first-order valence-electron chi connectivity index (χ1n) is 8.43. The lowest BCUT2D eigenvalue weighted by molar-refractivity contribution is -0.140. The normalized spacial score (nSPS) is 14.7. The Labute approximate surface area is 146 Å². The molecule has 1 atom stereocenters. The molecule has 2 heterocycles. The molecule has 3 rings (SSSR count). The highest BCUT2D eigenvalue weighted by Crippen LogP contribution is 2.21. The van der Waals surface area contributed by atoms with Crippen molar-refractivity contribution in [3.8, 4) is 0 Å². The molecule has 6 heteroatoms. The molecule has 0 bridgehead atoms. The molecule has 1 aromatic heterocycles. The van der Waals surface area contributed by atoms with Crippen molar-refractivity contribution in [3.63, 3.8) is 0 Å². The molecule has 1 aromatic carbocycles. The molecule has 1 aliphatic heterocycles. The van der Waals surface area contributed by atoms with Crippen molar-refractivity contribution in [1.82, 2.24) is 10.2 Å². The van der Waals surface area contributed by atoms with Crippen LogP contribution in [0.15, 0.2) is 47.1 Å². The predicted octanol–water partition coefficient (Wildman–Crippen LogP) is 1.48. The molecule has 0 saturated carbocycles. The zero-order valence-electron chi connectivity index (χ0n) is 14.0. The quantitative estimate of drug-likeness (QED) is 0.833. The summed E-state index contributed by atoms with van der Waals surface area (Å²) >= 11 is 0. The average molecular weight is 342 g/mol. The molecule has 1 aliphatic rings. The van der Waals surface area contributed by atoms with Gasteiger partial charge in [-0.15, -0.1) is 0 Å². The van der Waals surface area contributed by atoms with E-state index in [-0.39, 0.29) is 31.4 Å². The van der Waals surface area contributed by atoms with Gasteiger partial charge in [0.2, 0.25) is 11.8 Å². The molecular formula is C19H22N2O4. The van der Waals surface area contributed by atoms with Crippen LogP contribution < -0.4 is 5.32 Å². The van der Waals surface area contributed by atoms with E-state index in [1.807, 2.05) is 18.2 Å². The second kappa shape index (κ2) is 7.98. The fourth-order valence-electron chi connectivity index (χ4n) is 3.07. The summed E-state index contributed by atoms with van der Waals surface area (Å²) in [5.74, 6) is -0.527. The van der Waals surface area contributed by atoms with Crippen molar-refractivity contribution < 1.29 is 19.1 Å². The van der Waals surface area contributed by atoms with Crippen molar-refractivity contribution in [2.75, 3.05) is 13.2 Å². The number of aliphatic hydroxyl groups is 1. The molecule has 0 saturated heterocycles. The van der Waals surface area contributed by atoms with Gasteiger partial charge >= 0.3 is 0 Å². The summed E-state index contributed by atoms with van der Waals surface area (Å²) in [4.78, 5) is 26.5. The number of carbonyl (C=O) groups excluding carboxylic acids is 2. The fourth-order valence-corrected chi connectivity index (χ4v) is 3.07. The molecule has 6 nitrogen and oxygen atoms in total. The molecular weight excluding hydrogens is 320 g/mol. The van der Waals surface area contributed by atoms with Gasteiger partial charge in [0.25, 0.3) is 0 Å². The summed E-state index contributed by atoms with van der Waals surface area (Å²) < 4.78 is 5.15. The highest BCUT2D eigenvalue weighted by molar-refractivity contribution is 5.86. The third-order valence-electron chi connectivity index (χ3n) is 4.48. The average Bonchev–Trinajstić information content (AvgIpc) is 3.17. The predicted molar refractivity (Wildman–Crippen MR) is 91.3 cm³/mol. The van der Waals surface area contributed by atoms with Gasteiger partial charge in [-0.05, 0) is 29.7 Å². The Hall–Kier alpha value is -2.60. The number of amides is 2. The monoisotopic (exact) mass is 342 g/mol. The summed E-state index contributed by atoms with van der Waals surface area (Å²) in [6.07, 6.45) is 2.30. The van der Waals surface area contributed by atoms with Crippen LogP contribution in [-0.4, -0.2) is 35.0 Å². The Morgan fingerprint density at radius 1 is 1.20 bits per heavy atom. The maximum absolute atomic E-state index is 12.7. The number of aliphatic hydroxyl groups excluding tert-OH is 1. The first kappa shape index (κ1) is 17.2. The minimum atomic E-state index is -0.720. The number of nitrogens with zero attached hydrogens (tertiary/aromatic N) is 1. The van der Waals surface area contributed by atoms with E-state index in [1.54, 1.807) is 17.0 Å². The Balaban J connectivity index is 1.55. The van der Waals surface area contributed by atoms with Crippen molar-refractivity contribution >= 4 is 11.8 Å². The van der Waals surface area contributed by atoms with Crippen LogP contribution >= 0.6 is 0 Å². The number of fused-ring (bicyclic) bond motifs is 1. The first-order valence-corrected chi connectivity index (χ1v) is 8.43. The Kier molecular flexibility index (Phi) is 5.50. The standard InChI is InChI=1S/C19H22N2O4/c22-13-16(10-18(23)20-11-17-6-3-9-25-17)19(24)21-8-7-14-4-1-2-5-15(14)12-21/h1-6,9,16,22H,7-8,10-13H2,(H,20,23)/t16-/m0/s1. The van der Waals surface area contributed by atoms with Crippen LogP contribution in [0.2, 0.25) is 0 Å². The summed E-state index contributed by atoms with van der Waals surface area (Å²) in [6, 6.07) is 11.5. The van der Waals surface area contributed by atoms with Gasteiger partial charge in [-0.2, -0.15) is 0 Å². The number of hydrogen-bond acceptors (Lipinski definition) is 4. The van der Waals surface area contributed by atoms with Gasteiger partial charge in [0.05, 0.1) is 25.3 Å². The Bertz CT molecular complexity index is 727. The van der Waals surface area contributed by atoms with Gasteiger partial charge in [0.15, 0.2) is 0 Å². The molecule has 2 N–H and O–H groups in total. The summed E-state index contributed by atoms with van der Waals surface area (Å²) in [5, 5.41) is 12.3. The minimum Gasteiger partial charge on any atom is -0.467 e. The smallest absolute Gasteiger partial charge is 0.228 e. The van der Waals surface area contributed by atoms with E-state index in [2.05, 4.69) is 11.4 Å². The van der Waals surface area contributed by atoms with Gasteiger partial charge < -0.3 is 19.7 Å². The third-order valence-corrected chi connectivity index (χ3v) is 4.48. The lowest BCUT2D eigenvalue weighted by Gasteiger charge is -2.31. The molecule has 132 valence electrons. The number of rotatable bonds is 6. The van der Waals surface area contributed by atoms with Crippen LogP contribution in [0.4, 0.5) is 0 Å². The van der Waals surface area contributed by atoms with Gasteiger partial charge in [-0.25, -0.2) is 0 Å². The molecule has 0 spiro atoms. The van der Waals surface area contributed by atoms with Gasteiger partial charge in [-0.1, -0.05) is 24.3 Å². The van der Waals surface area contributed by atoms with Gasteiger partial charge in [0, 0.05) is 19.5 Å². The summed E-state index contributed by atoms with van der Waals surface area (Å²) in [7, 11) is 0. The van der Waals surface area contributed by atoms with Crippen LogP contribution in [0.3, 0.4) is 0 Å². The van der Waals surface area contributed by atoms with E-state index in [0.717, 1.165) is 12.0 Å². The van der Waals surface area contributed by atoms with Gasteiger partial charge in [0.1, 0.15) is 5.76 Å². The summed E-state index contributed by atoms with van der Waals surface area (Å²) in [5.41, 5.74) is 2.38. The molecule has 0 fully saturated rings. The molecule has 25 heavy (non-hydrogen) atoms. The van der Waals surface area contributed by atoms with E-state index in [9.17, 15) is 14.7 Å². The Morgan fingerprint density at radius 3 is 2.72 bits per heavy atom. The number of nitrogens with one attached hydrogen (secondary N) is 1. The van der Waals surface area contributed by atoms with E-state index < -0.39 is 5.92 Å². The summed E-state index contributed by atoms with van der Waals surface area (Å²) in [6.45, 7) is 1.07. The van der Waals surface area contributed by atoms with E-state index in [1.165, 1.54) is 11.8 Å². The molecule has 2 aromatic rings. The van der Waals surface area contributed by atoms with Gasteiger partial charge in [-0.3, -0.25) is 9.59 Å². The maximum Gasteiger partial charge on any atom is 0.228 e. The molecule has 0 unspecified atom stereocenters. The zero-order chi connectivity index (χ0) is 17.6. The van der Waals surface area contributed by atoms with E-state index in [0.29, 0.717) is 18.8 Å². The molecule has 2 amide bonds. The zero-order valence-corrected chi connectivity index (χ0v) is 14.0. The lowest BCUT2D eigenvalue weighted by atomic mass is 9.97. The van der Waals surface area contributed by atoms with Crippen molar-refractivity contribution in [1.29, 1.82) is 0 Å². The topological polar surface area (TPSA) is 82.8 Å². The number of furan rings is 1. The first-order chi connectivity index (χ1) is 12.2. The molecule has 0 radical (unpaired) electrons. The highest BCUT2D eigenvalue weighted by Gasteiger charge is 2.28. The maximum atomic E-state index is 12.7. The SMILES string of the molecule is O=C(C[C@@H](CO)C(=O)N1CCc2ccccc2C1)NCc1ccco1. The van der Waals surface area contributed by atoms with Crippen LogP contribution in [0.5, 0.6) is 0 Å².